The maximum Gasteiger partial charge on any atom is 0.238 e. The van der Waals surface area contributed by atoms with Crippen molar-refractivity contribution in [1.29, 1.82) is 0 Å². The van der Waals surface area contributed by atoms with Gasteiger partial charge in [0.2, 0.25) is 5.91 Å². The van der Waals surface area contributed by atoms with Crippen LogP contribution in [-0.4, -0.2) is 49.3 Å². The summed E-state index contributed by atoms with van der Waals surface area (Å²) in [6.07, 6.45) is 2.79. The molecule has 1 rings (SSSR count). The molecule has 1 amide bonds. The van der Waals surface area contributed by atoms with Gasteiger partial charge in [0.15, 0.2) is 0 Å². The number of aliphatic hydroxyl groups is 1. The summed E-state index contributed by atoms with van der Waals surface area (Å²) in [5, 5.41) is 11.6. The number of likely N-dealkylation sites (N-methyl/N-ethyl adjacent to an activating group) is 1. The van der Waals surface area contributed by atoms with Crippen LogP contribution >= 0.6 is 0 Å². The highest BCUT2D eigenvalue weighted by Crippen LogP contribution is 2.23. The van der Waals surface area contributed by atoms with Crippen molar-refractivity contribution in [2.45, 2.75) is 26.2 Å². The van der Waals surface area contributed by atoms with Gasteiger partial charge in [-0.25, -0.2) is 0 Å². The Hall–Kier alpha value is -1.59. The van der Waals surface area contributed by atoms with Crippen molar-refractivity contribution >= 4 is 11.6 Å². The molecule has 0 bridgehead atoms. The molecule has 5 nitrogen and oxygen atoms in total. The van der Waals surface area contributed by atoms with Crippen LogP contribution in [-0.2, 0) is 4.79 Å². The van der Waals surface area contributed by atoms with Crippen LogP contribution in [0.1, 0.15) is 26.2 Å². The highest BCUT2D eigenvalue weighted by Gasteiger charge is 2.09. The topological polar surface area (TPSA) is 61.8 Å². The molecule has 21 heavy (non-hydrogen) atoms. The first-order valence-corrected chi connectivity index (χ1v) is 7.48. The van der Waals surface area contributed by atoms with Crippen molar-refractivity contribution in [2.75, 3.05) is 38.7 Å². The zero-order valence-corrected chi connectivity index (χ0v) is 13.0. The van der Waals surface area contributed by atoms with E-state index in [1.54, 1.807) is 0 Å². The SMILES string of the molecule is CCOc1ccccc1NC(=O)CN(C)CCCCCO. The average Bonchev–Trinajstić information content (AvgIpc) is 2.46. The third-order valence-electron chi connectivity index (χ3n) is 3.07. The molecule has 0 heterocycles. The predicted octanol–water partition coefficient (Wildman–Crippen LogP) is 2.12. The Labute approximate surface area is 126 Å². The molecule has 0 atom stereocenters. The van der Waals surface area contributed by atoms with E-state index < -0.39 is 0 Å². The number of anilines is 1. The van der Waals surface area contributed by atoms with E-state index in [0.29, 0.717) is 24.6 Å². The number of nitrogens with one attached hydrogen (secondary N) is 1. The molecule has 5 heteroatoms. The smallest absolute Gasteiger partial charge is 0.238 e. The van der Waals surface area contributed by atoms with Crippen molar-refractivity contribution in [2.24, 2.45) is 0 Å². The second-order valence-electron chi connectivity index (χ2n) is 5.00. The molecule has 0 saturated heterocycles. The number of nitrogens with zero attached hydrogens (tertiary/aromatic N) is 1. The van der Waals surface area contributed by atoms with E-state index in [2.05, 4.69) is 5.32 Å². The molecular formula is C16H26N2O3. The molecule has 0 aromatic heterocycles. The number of carbonyl (C=O) groups is 1. The molecule has 0 radical (unpaired) electrons. The van der Waals surface area contributed by atoms with Crippen LogP contribution in [0.25, 0.3) is 0 Å². The molecule has 0 fully saturated rings. The summed E-state index contributed by atoms with van der Waals surface area (Å²) in [7, 11) is 1.92. The van der Waals surface area contributed by atoms with Crippen molar-refractivity contribution < 1.29 is 14.6 Å². The Kier molecular flexibility index (Phi) is 8.47. The van der Waals surface area contributed by atoms with E-state index in [-0.39, 0.29) is 12.5 Å². The number of carbonyl (C=O) groups excluding carboxylic acids is 1. The quantitative estimate of drug-likeness (QED) is 0.649. The van der Waals surface area contributed by atoms with E-state index >= 15 is 0 Å². The van der Waals surface area contributed by atoms with Crippen molar-refractivity contribution in [3.05, 3.63) is 24.3 Å². The number of benzene rings is 1. The van der Waals surface area contributed by atoms with E-state index in [9.17, 15) is 4.79 Å². The summed E-state index contributed by atoms with van der Waals surface area (Å²) in [5.41, 5.74) is 0.707. The van der Waals surface area contributed by atoms with Crippen LogP contribution in [0.5, 0.6) is 5.75 Å². The predicted molar refractivity (Wildman–Crippen MR) is 84.7 cm³/mol. The standard InChI is InChI=1S/C16H26N2O3/c1-3-21-15-10-6-5-9-14(15)17-16(20)13-18(2)11-7-4-8-12-19/h5-6,9-10,19H,3-4,7-8,11-13H2,1-2H3,(H,17,20). The molecule has 2 N–H and O–H groups in total. The van der Waals surface area contributed by atoms with E-state index in [4.69, 9.17) is 9.84 Å². The minimum absolute atomic E-state index is 0.0492. The summed E-state index contributed by atoms with van der Waals surface area (Å²) in [6, 6.07) is 7.44. The Morgan fingerprint density at radius 3 is 2.76 bits per heavy atom. The van der Waals surface area contributed by atoms with Gasteiger partial charge in [-0.1, -0.05) is 12.1 Å². The Morgan fingerprint density at radius 1 is 1.29 bits per heavy atom. The lowest BCUT2D eigenvalue weighted by Crippen LogP contribution is -2.31. The second kappa shape index (κ2) is 10.2. The lowest BCUT2D eigenvalue weighted by atomic mass is 10.2. The zero-order chi connectivity index (χ0) is 15.5. The van der Waals surface area contributed by atoms with Crippen LogP contribution < -0.4 is 10.1 Å². The van der Waals surface area contributed by atoms with Gasteiger partial charge in [0.25, 0.3) is 0 Å². The van der Waals surface area contributed by atoms with Gasteiger partial charge in [0.1, 0.15) is 5.75 Å². The maximum atomic E-state index is 12.0. The first-order valence-electron chi connectivity index (χ1n) is 7.48. The largest absolute Gasteiger partial charge is 0.492 e. The number of hydrogen-bond acceptors (Lipinski definition) is 4. The third kappa shape index (κ3) is 7.11. The van der Waals surface area contributed by atoms with Gasteiger partial charge in [-0.05, 0) is 51.9 Å². The Bertz CT molecular complexity index is 424. The number of para-hydroxylation sites is 2. The molecule has 118 valence electrons. The summed E-state index contributed by atoms with van der Waals surface area (Å²) >= 11 is 0. The van der Waals surface area contributed by atoms with Crippen LogP contribution in [0.4, 0.5) is 5.69 Å². The van der Waals surface area contributed by atoms with Crippen LogP contribution in [0, 0.1) is 0 Å². The summed E-state index contributed by atoms with van der Waals surface area (Å²) < 4.78 is 5.48. The molecule has 0 aliphatic heterocycles. The molecule has 0 aliphatic carbocycles. The Morgan fingerprint density at radius 2 is 2.05 bits per heavy atom. The van der Waals surface area contributed by atoms with E-state index in [1.807, 2.05) is 43.1 Å². The number of hydrogen-bond donors (Lipinski definition) is 2. The molecule has 0 aliphatic rings. The highest BCUT2D eigenvalue weighted by atomic mass is 16.5. The number of aliphatic hydroxyl groups excluding tert-OH is 1. The molecule has 0 spiro atoms. The third-order valence-corrected chi connectivity index (χ3v) is 3.07. The minimum Gasteiger partial charge on any atom is -0.492 e. The molecule has 0 saturated carbocycles. The lowest BCUT2D eigenvalue weighted by molar-refractivity contribution is -0.117. The summed E-state index contributed by atoms with van der Waals surface area (Å²) in [6.45, 7) is 3.91. The van der Waals surface area contributed by atoms with Gasteiger partial charge in [-0.2, -0.15) is 0 Å². The average molecular weight is 294 g/mol. The molecular weight excluding hydrogens is 268 g/mol. The fraction of sp³-hybridized carbons (Fsp3) is 0.562. The zero-order valence-electron chi connectivity index (χ0n) is 13.0. The van der Waals surface area contributed by atoms with Crippen LogP contribution in [0.15, 0.2) is 24.3 Å². The second-order valence-corrected chi connectivity index (χ2v) is 5.00. The number of ether oxygens (including phenoxy) is 1. The molecule has 1 aromatic rings. The van der Waals surface area contributed by atoms with Gasteiger partial charge in [0.05, 0.1) is 18.8 Å². The van der Waals surface area contributed by atoms with Gasteiger partial charge in [-0.15, -0.1) is 0 Å². The molecule has 0 unspecified atom stereocenters. The number of unbranched alkanes of at least 4 members (excludes halogenated alkanes) is 2. The van der Waals surface area contributed by atoms with Crippen molar-refractivity contribution in [3.8, 4) is 5.75 Å². The fourth-order valence-electron chi connectivity index (χ4n) is 2.04. The monoisotopic (exact) mass is 294 g/mol. The normalized spacial score (nSPS) is 10.7. The fourth-order valence-corrected chi connectivity index (χ4v) is 2.04. The van der Waals surface area contributed by atoms with Crippen LogP contribution in [0.3, 0.4) is 0 Å². The van der Waals surface area contributed by atoms with Gasteiger partial charge < -0.3 is 15.2 Å². The maximum absolute atomic E-state index is 12.0. The van der Waals surface area contributed by atoms with Crippen molar-refractivity contribution in [3.63, 3.8) is 0 Å². The van der Waals surface area contributed by atoms with Gasteiger partial charge >= 0.3 is 0 Å². The summed E-state index contributed by atoms with van der Waals surface area (Å²) in [4.78, 5) is 14.0. The van der Waals surface area contributed by atoms with Crippen molar-refractivity contribution in [1.82, 2.24) is 4.90 Å². The number of amides is 1. The van der Waals surface area contributed by atoms with Gasteiger partial charge in [0, 0.05) is 6.61 Å². The molecule has 1 aromatic carbocycles. The van der Waals surface area contributed by atoms with E-state index in [1.165, 1.54) is 0 Å². The lowest BCUT2D eigenvalue weighted by Gasteiger charge is -2.17. The Balaban J connectivity index is 2.39. The highest BCUT2D eigenvalue weighted by molar-refractivity contribution is 5.93. The number of rotatable bonds is 10. The first kappa shape index (κ1) is 17.5. The first-order chi connectivity index (χ1) is 10.2. The van der Waals surface area contributed by atoms with Gasteiger partial charge in [-0.3, -0.25) is 9.69 Å². The van der Waals surface area contributed by atoms with E-state index in [0.717, 1.165) is 25.8 Å². The summed E-state index contributed by atoms with van der Waals surface area (Å²) in [5.74, 6) is 0.644. The minimum atomic E-state index is -0.0492. The van der Waals surface area contributed by atoms with Crippen LogP contribution in [0.2, 0.25) is 0 Å².